The van der Waals surface area contributed by atoms with Gasteiger partial charge in [0, 0.05) is 31.4 Å². The van der Waals surface area contributed by atoms with Crippen molar-refractivity contribution in [3.05, 3.63) is 59.3 Å². The van der Waals surface area contributed by atoms with Gasteiger partial charge in [0.05, 0.1) is 12.2 Å². The Hall–Kier alpha value is -2.73. The lowest BCUT2D eigenvalue weighted by atomic mass is 10.1. The number of morpholine rings is 1. The Labute approximate surface area is 159 Å². The van der Waals surface area contributed by atoms with Crippen LogP contribution in [-0.4, -0.2) is 42.0 Å². The standard InChI is InChI=1S/C21H25N3O3/c1-14-4-7-18(8-5-14)20(25)21(26)23-11-17-6-9-19(22-10-17)24-12-15(2)27-16(3)13-24/h4-10,15-16H,11-13H2,1-3H3,(H,23,26). The molecule has 0 radical (unpaired) electrons. The molecule has 1 aromatic heterocycles. The maximum absolute atomic E-state index is 12.2. The van der Waals surface area contributed by atoms with E-state index < -0.39 is 11.7 Å². The van der Waals surface area contributed by atoms with E-state index >= 15 is 0 Å². The highest BCUT2D eigenvalue weighted by atomic mass is 16.5. The van der Waals surface area contributed by atoms with E-state index in [1.165, 1.54) is 0 Å². The first-order valence-electron chi connectivity index (χ1n) is 9.17. The highest BCUT2D eigenvalue weighted by Crippen LogP contribution is 2.18. The predicted molar refractivity (Wildman–Crippen MR) is 104 cm³/mol. The first-order valence-corrected chi connectivity index (χ1v) is 9.17. The van der Waals surface area contributed by atoms with Crippen LogP contribution in [0.4, 0.5) is 5.82 Å². The second kappa shape index (κ2) is 8.31. The number of nitrogens with one attached hydrogen (secondary N) is 1. The number of nitrogens with zero attached hydrogens (tertiary/aromatic N) is 2. The summed E-state index contributed by atoms with van der Waals surface area (Å²) in [5, 5.41) is 2.66. The van der Waals surface area contributed by atoms with Crippen LogP contribution in [0.2, 0.25) is 0 Å². The molecule has 6 nitrogen and oxygen atoms in total. The van der Waals surface area contributed by atoms with Crippen molar-refractivity contribution in [1.29, 1.82) is 0 Å². The minimum absolute atomic E-state index is 0.169. The number of anilines is 1. The van der Waals surface area contributed by atoms with Crippen molar-refractivity contribution in [2.75, 3.05) is 18.0 Å². The van der Waals surface area contributed by atoms with Crippen LogP contribution in [-0.2, 0) is 16.1 Å². The monoisotopic (exact) mass is 367 g/mol. The van der Waals surface area contributed by atoms with Crippen molar-refractivity contribution in [2.24, 2.45) is 0 Å². The van der Waals surface area contributed by atoms with Crippen LogP contribution in [0.15, 0.2) is 42.6 Å². The zero-order valence-electron chi connectivity index (χ0n) is 15.9. The molecule has 2 unspecified atom stereocenters. The summed E-state index contributed by atoms with van der Waals surface area (Å²) in [6, 6.07) is 10.8. The number of aromatic nitrogens is 1. The number of ether oxygens (including phenoxy) is 1. The molecule has 2 atom stereocenters. The molecule has 1 aromatic carbocycles. The maximum Gasteiger partial charge on any atom is 0.292 e. The quantitative estimate of drug-likeness (QED) is 0.649. The highest BCUT2D eigenvalue weighted by molar-refractivity contribution is 6.42. The fraction of sp³-hybridized carbons (Fsp3) is 0.381. The van der Waals surface area contributed by atoms with Gasteiger partial charge in [0.15, 0.2) is 0 Å². The van der Waals surface area contributed by atoms with Gasteiger partial charge in [-0.05, 0) is 32.4 Å². The third kappa shape index (κ3) is 4.92. The molecule has 142 valence electrons. The molecule has 3 rings (SSSR count). The normalized spacial score (nSPS) is 19.6. The highest BCUT2D eigenvalue weighted by Gasteiger charge is 2.23. The molecule has 1 aliphatic heterocycles. The van der Waals surface area contributed by atoms with E-state index in [2.05, 4.69) is 29.0 Å². The fourth-order valence-electron chi connectivity index (χ4n) is 3.17. The zero-order valence-corrected chi connectivity index (χ0v) is 15.9. The van der Waals surface area contributed by atoms with E-state index in [4.69, 9.17) is 4.74 Å². The van der Waals surface area contributed by atoms with Gasteiger partial charge in [-0.15, -0.1) is 0 Å². The number of carbonyl (C=O) groups excluding carboxylic acids is 2. The van der Waals surface area contributed by atoms with Crippen molar-refractivity contribution in [1.82, 2.24) is 10.3 Å². The van der Waals surface area contributed by atoms with Gasteiger partial charge in [-0.2, -0.15) is 0 Å². The summed E-state index contributed by atoms with van der Waals surface area (Å²) in [7, 11) is 0. The summed E-state index contributed by atoms with van der Waals surface area (Å²) in [4.78, 5) is 30.9. The Bertz CT molecular complexity index is 792. The van der Waals surface area contributed by atoms with Crippen LogP contribution < -0.4 is 10.2 Å². The van der Waals surface area contributed by atoms with Crippen LogP contribution in [0, 0.1) is 6.92 Å². The summed E-state index contributed by atoms with van der Waals surface area (Å²) >= 11 is 0. The Balaban J connectivity index is 1.56. The average Bonchev–Trinajstić information content (AvgIpc) is 2.66. The van der Waals surface area contributed by atoms with E-state index in [-0.39, 0.29) is 18.8 Å². The molecule has 0 saturated carbocycles. The van der Waals surface area contributed by atoms with Gasteiger partial charge < -0.3 is 15.0 Å². The van der Waals surface area contributed by atoms with Gasteiger partial charge >= 0.3 is 0 Å². The first-order chi connectivity index (χ1) is 12.9. The minimum atomic E-state index is -0.612. The Kier molecular flexibility index (Phi) is 5.86. The van der Waals surface area contributed by atoms with Crippen LogP contribution in [0.1, 0.15) is 35.3 Å². The number of hydrogen-bond acceptors (Lipinski definition) is 5. The van der Waals surface area contributed by atoms with Crippen molar-refractivity contribution in [2.45, 2.75) is 39.5 Å². The SMILES string of the molecule is Cc1ccc(C(=O)C(=O)NCc2ccc(N3CC(C)OC(C)C3)nc2)cc1. The molecule has 1 amide bonds. The van der Waals surface area contributed by atoms with E-state index in [9.17, 15) is 9.59 Å². The second-order valence-electron chi connectivity index (χ2n) is 7.06. The van der Waals surface area contributed by atoms with Gasteiger partial charge in [0.2, 0.25) is 5.78 Å². The molecule has 27 heavy (non-hydrogen) atoms. The number of Topliss-reactive ketones (excluding diaryl/α,β-unsaturated/α-hetero) is 1. The van der Waals surface area contributed by atoms with Crippen molar-refractivity contribution in [3.8, 4) is 0 Å². The summed E-state index contributed by atoms with van der Waals surface area (Å²) in [6.07, 6.45) is 2.07. The van der Waals surface area contributed by atoms with Crippen molar-refractivity contribution >= 4 is 17.5 Å². The molecule has 0 bridgehead atoms. The second-order valence-corrected chi connectivity index (χ2v) is 7.06. The van der Waals surface area contributed by atoms with E-state index in [1.807, 2.05) is 31.2 Å². The molecule has 0 spiro atoms. The van der Waals surface area contributed by atoms with Crippen LogP contribution in [0.5, 0.6) is 0 Å². The minimum Gasteiger partial charge on any atom is -0.372 e. The number of amides is 1. The number of pyridine rings is 1. The molecule has 1 saturated heterocycles. The predicted octanol–water partition coefficient (Wildman–Crippen LogP) is 2.50. The summed E-state index contributed by atoms with van der Waals surface area (Å²) < 4.78 is 5.74. The molecule has 1 aliphatic rings. The number of carbonyl (C=O) groups is 2. The molecule has 1 N–H and O–H groups in total. The number of rotatable bonds is 5. The topological polar surface area (TPSA) is 71.5 Å². The van der Waals surface area contributed by atoms with Gasteiger partial charge in [0.1, 0.15) is 5.82 Å². The fourth-order valence-corrected chi connectivity index (χ4v) is 3.17. The lowest BCUT2D eigenvalue weighted by Gasteiger charge is -2.36. The Morgan fingerprint density at radius 2 is 1.78 bits per heavy atom. The summed E-state index contributed by atoms with van der Waals surface area (Å²) in [5.41, 5.74) is 2.28. The summed E-state index contributed by atoms with van der Waals surface area (Å²) in [5.74, 6) is -0.252. The first kappa shape index (κ1) is 19.0. The average molecular weight is 367 g/mol. The third-order valence-corrected chi connectivity index (χ3v) is 4.53. The molecule has 6 heteroatoms. The number of benzene rings is 1. The van der Waals surface area contributed by atoms with Gasteiger partial charge in [-0.25, -0.2) is 4.98 Å². The molecule has 2 heterocycles. The maximum atomic E-state index is 12.2. The van der Waals surface area contributed by atoms with Crippen molar-refractivity contribution in [3.63, 3.8) is 0 Å². The van der Waals surface area contributed by atoms with E-state index in [0.717, 1.165) is 30.0 Å². The Morgan fingerprint density at radius 3 is 2.37 bits per heavy atom. The molecular weight excluding hydrogens is 342 g/mol. The lowest BCUT2D eigenvalue weighted by Crippen LogP contribution is -2.45. The van der Waals surface area contributed by atoms with Crippen molar-refractivity contribution < 1.29 is 14.3 Å². The summed E-state index contributed by atoms with van der Waals surface area (Å²) in [6.45, 7) is 7.91. The molecule has 0 aliphatic carbocycles. The van der Waals surface area contributed by atoms with Crippen LogP contribution in [0.25, 0.3) is 0 Å². The van der Waals surface area contributed by atoms with Crippen LogP contribution in [0.3, 0.4) is 0 Å². The zero-order chi connectivity index (χ0) is 19.4. The smallest absolute Gasteiger partial charge is 0.292 e. The van der Waals surface area contributed by atoms with Gasteiger partial charge in [-0.3, -0.25) is 9.59 Å². The Morgan fingerprint density at radius 1 is 1.11 bits per heavy atom. The van der Waals surface area contributed by atoms with E-state index in [1.54, 1.807) is 18.3 Å². The number of ketones is 1. The van der Waals surface area contributed by atoms with Gasteiger partial charge in [-0.1, -0.05) is 35.9 Å². The van der Waals surface area contributed by atoms with E-state index in [0.29, 0.717) is 5.56 Å². The number of hydrogen-bond donors (Lipinski definition) is 1. The van der Waals surface area contributed by atoms with Crippen LogP contribution >= 0.6 is 0 Å². The number of aryl methyl sites for hydroxylation is 1. The largest absolute Gasteiger partial charge is 0.372 e. The van der Waals surface area contributed by atoms with Gasteiger partial charge in [0.25, 0.3) is 5.91 Å². The lowest BCUT2D eigenvalue weighted by molar-refractivity contribution is -0.117. The third-order valence-electron chi connectivity index (χ3n) is 4.53. The molecular formula is C21H25N3O3. The molecule has 2 aromatic rings. The molecule has 1 fully saturated rings.